The van der Waals surface area contributed by atoms with Gasteiger partial charge in [-0.1, -0.05) is 40.2 Å². The van der Waals surface area contributed by atoms with Crippen LogP contribution in [-0.2, 0) is 6.61 Å². The van der Waals surface area contributed by atoms with E-state index in [2.05, 4.69) is 26.0 Å². The smallest absolute Gasteiger partial charge is 0.349 e. The first kappa shape index (κ1) is 23.6. The lowest BCUT2D eigenvalue weighted by molar-refractivity contribution is -0.386. The number of carbonyl (C=O) groups is 1. The first-order valence-electron chi connectivity index (χ1n) is 9.96. The van der Waals surface area contributed by atoms with E-state index >= 15 is 0 Å². The highest BCUT2D eigenvalue weighted by Gasteiger charge is 2.21. The number of fused-ring (bicyclic) bond motifs is 1. The van der Waals surface area contributed by atoms with Crippen molar-refractivity contribution in [1.29, 1.82) is 0 Å². The zero-order valence-corrected chi connectivity index (χ0v) is 19.3. The molecule has 0 aliphatic heterocycles. The summed E-state index contributed by atoms with van der Waals surface area (Å²) in [5, 5.41) is 25.0. The van der Waals surface area contributed by atoms with Crippen LogP contribution in [0.15, 0.2) is 79.8 Å². The number of halogens is 1. The minimum absolute atomic E-state index is 0.0353. The van der Waals surface area contributed by atoms with E-state index in [0.29, 0.717) is 20.2 Å². The molecule has 11 nitrogen and oxygen atoms in total. The number of para-hydroxylation sites is 1. The third kappa shape index (κ3) is 5.01. The number of nitrogens with one attached hydrogen (secondary N) is 1. The van der Waals surface area contributed by atoms with Gasteiger partial charge in [0.1, 0.15) is 6.61 Å². The number of benzene rings is 3. The van der Waals surface area contributed by atoms with Crippen molar-refractivity contribution in [2.45, 2.75) is 6.61 Å². The summed E-state index contributed by atoms with van der Waals surface area (Å²) in [6, 6.07) is 15.0. The molecule has 176 valence electrons. The van der Waals surface area contributed by atoms with Crippen LogP contribution in [0.1, 0.15) is 21.5 Å². The number of nitro groups is 1. The standard InChI is InChI=1S/C23H15BrN4O7/c24-16-9-15(11-25-27-21(29)17-6-1-2-7-18(17)26-23(27)32)20(19(10-16)28(33)34)35-12-13-4-3-5-14(8-13)22(30)31/h1-11H,12H2,(H,26,32)(H,30,31). The van der Waals surface area contributed by atoms with Crippen molar-refractivity contribution >= 4 is 44.7 Å². The Bertz CT molecular complexity index is 1620. The summed E-state index contributed by atoms with van der Waals surface area (Å²) < 4.78 is 6.65. The van der Waals surface area contributed by atoms with Crippen molar-refractivity contribution in [2.24, 2.45) is 5.10 Å². The zero-order valence-electron chi connectivity index (χ0n) is 17.7. The fraction of sp³-hybridized carbons (Fsp3) is 0.0435. The first-order valence-corrected chi connectivity index (χ1v) is 10.8. The molecule has 12 heteroatoms. The molecule has 0 saturated carbocycles. The third-order valence-corrected chi connectivity index (χ3v) is 5.37. The molecule has 0 aliphatic carbocycles. The summed E-state index contributed by atoms with van der Waals surface area (Å²) in [6.45, 7) is -0.180. The van der Waals surface area contributed by atoms with E-state index in [9.17, 15) is 24.5 Å². The van der Waals surface area contributed by atoms with Crippen LogP contribution in [0.25, 0.3) is 10.9 Å². The second-order valence-electron chi connectivity index (χ2n) is 7.23. The number of ether oxygens (including phenoxy) is 1. The van der Waals surface area contributed by atoms with Gasteiger partial charge in [-0.05, 0) is 35.9 Å². The van der Waals surface area contributed by atoms with E-state index in [1.165, 1.54) is 36.4 Å². The van der Waals surface area contributed by atoms with Gasteiger partial charge >= 0.3 is 17.3 Å². The lowest BCUT2D eigenvalue weighted by atomic mass is 10.1. The van der Waals surface area contributed by atoms with Crippen molar-refractivity contribution in [3.8, 4) is 5.75 Å². The average Bonchev–Trinajstić information content (AvgIpc) is 2.83. The maximum Gasteiger partial charge on any atom is 0.349 e. The largest absolute Gasteiger partial charge is 0.481 e. The summed E-state index contributed by atoms with van der Waals surface area (Å²) in [5.41, 5.74) is -0.893. The maximum absolute atomic E-state index is 12.7. The Hall–Kier alpha value is -4.58. The van der Waals surface area contributed by atoms with Crippen LogP contribution in [0.2, 0.25) is 0 Å². The highest BCUT2D eigenvalue weighted by atomic mass is 79.9. The second-order valence-corrected chi connectivity index (χ2v) is 8.15. The van der Waals surface area contributed by atoms with Gasteiger partial charge in [-0.3, -0.25) is 14.9 Å². The molecule has 0 fully saturated rings. The minimum atomic E-state index is -1.12. The van der Waals surface area contributed by atoms with Crippen LogP contribution in [0, 0.1) is 10.1 Å². The number of nitrogens with zero attached hydrogens (tertiary/aromatic N) is 3. The van der Waals surface area contributed by atoms with Crippen molar-refractivity contribution in [2.75, 3.05) is 0 Å². The van der Waals surface area contributed by atoms with Gasteiger partial charge in [0.2, 0.25) is 5.75 Å². The SMILES string of the molecule is O=C(O)c1cccc(COc2c(C=Nn3c(=O)[nH]c4ccccc4c3=O)cc(Br)cc2[N+](=O)[O-])c1. The average molecular weight is 539 g/mol. The molecule has 0 unspecified atom stereocenters. The van der Waals surface area contributed by atoms with Crippen LogP contribution in [-0.4, -0.2) is 31.9 Å². The molecule has 0 aliphatic rings. The van der Waals surface area contributed by atoms with Gasteiger partial charge in [-0.25, -0.2) is 9.59 Å². The summed E-state index contributed by atoms with van der Waals surface area (Å²) >= 11 is 3.20. The molecule has 1 aromatic heterocycles. The molecule has 0 radical (unpaired) electrons. The Labute approximate surface area is 204 Å². The topological polar surface area (TPSA) is 157 Å². The van der Waals surface area contributed by atoms with Gasteiger partial charge < -0.3 is 14.8 Å². The molecule has 1 heterocycles. The van der Waals surface area contributed by atoms with Gasteiger partial charge in [0.25, 0.3) is 5.56 Å². The number of aromatic nitrogens is 2. The summed E-state index contributed by atoms with van der Waals surface area (Å²) in [7, 11) is 0. The van der Waals surface area contributed by atoms with E-state index in [1.807, 2.05) is 0 Å². The van der Waals surface area contributed by atoms with Gasteiger partial charge in [0, 0.05) is 16.1 Å². The number of aromatic amines is 1. The highest BCUT2D eigenvalue weighted by Crippen LogP contribution is 2.34. The number of hydrogen-bond acceptors (Lipinski definition) is 7. The summed E-state index contributed by atoms with van der Waals surface area (Å²) in [6.07, 6.45) is 1.10. The number of rotatable bonds is 7. The Morgan fingerprint density at radius 1 is 1.17 bits per heavy atom. The third-order valence-electron chi connectivity index (χ3n) is 4.91. The molecule has 4 rings (SSSR count). The Balaban J connectivity index is 1.76. The van der Waals surface area contributed by atoms with E-state index in [0.717, 1.165) is 6.21 Å². The van der Waals surface area contributed by atoms with Crippen LogP contribution < -0.4 is 16.0 Å². The molecular formula is C23H15BrN4O7. The quantitative estimate of drug-likeness (QED) is 0.207. The maximum atomic E-state index is 12.7. The van der Waals surface area contributed by atoms with E-state index < -0.39 is 27.8 Å². The lowest BCUT2D eigenvalue weighted by Gasteiger charge is -2.11. The fourth-order valence-electron chi connectivity index (χ4n) is 3.32. The number of H-pyrrole nitrogens is 1. The Morgan fingerprint density at radius 3 is 2.69 bits per heavy atom. The number of carboxylic acid groups (broad SMARTS) is 1. The molecule has 0 spiro atoms. The normalized spacial score (nSPS) is 11.1. The van der Waals surface area contributed by atoms with Gasteiger partial charge in [-0.15, -0.1) is 4.68 Å². The molecule has 3 aromatic carbocycles. The van der Waals surface area contributed by atoms with Crippen molar-refractivity contribution < 1.29 is 19.6 Å². The Kier molecular flexibility index (Phi) is 6.55. The summed E-state index contributed by atoms with van der Waals surface area (Å²) in [4.78, 5) is 49.9. The van der Waals surface area contributed by atoms with Gasteiger partial charge in [0.05, 0.1) is 27.6 Å². The van der Waals surface area contributed by atoms with Crippen LogP contribution >= 0.6 is 15.9 Å². The monoisotopic (exact) mass is 538 g/mol. The van der Waals surface area contributed by atoms with Gasteiger partial charge in [-0.2, -0.15) is 5.10 Å². The number of hydrogen-bond donors (Lipinski definition) is 2. The van der Waals surface area contributed by atoms with Crippen LogP contribution in [0.4, 0.5) is 5.69 Å². The molecule has 4 aromatic rings. The molecular weight excluding hydrogens is 524 g/mol. The summed E-state index contributed by atoms with van der Waals surface area (Å²) in [5.74, 6) is -1.30. The molecule has 0 bridgehead atoms. The molecule has 0 atom stereocenters. The first-order chi connectivity index (χ1) is 16.7. The van der Waals surface area contributed by atoms with E-state index in [4.69, 9.17) is 9.84 Å². The van der Waals surface area contributed by atoms with E-state index in [-0.39, 0.29) is 28.9 Å². The molecule has 0 amide bonds. The Morgan fingerprint density at radius 2 is 1.94 bits per heavy atom. The van der Waals surface area contributed by atoms with Crippen molar-refractivity contribution in [1.82, 2.24) is 9.66 Å². The van der Waals surface area contributed by atoms with Crippen LogP contribution in [0.5, 0.6) is 5.75 Å². The second kappa shape index (κ2) is 9.73. The van der Waals surface area contributed by atoms with Crippen molar-refractivity contribution in [3.05, 3.63) is 113 Å². The van der Waals surface area contributed by atoms with E-state index in [1.54, 1.807) is 24.3 Å². The van der Waals surface area contributed by atoms with Gasteiger partial charge in [0.15, 0.2) is 0 Å². The van der Waals surface area contributed by atoms with Crippen LogP contribution in [0.3, 0.4) is 0 Å². The molecule has 0 saturated heterocycles. The minimum Gasteiger partial charge on any atom is -0.481 e. The molecule has 2 N–H and O–H groups in total. The predicted molar refractivity (Wildman–Crippen MR) is 130 cm³/mol. The predicted octanol–water partition coefficient (Wildman–Crippen LogP) is 3.52. The zero-order chi connectivity index (χ0) is 25.1. The lowest BCUT2D eigenvalue weighted by Crippen LogP contribution is -2.32. The highest BCUT2D eigenvalue weighted by molar-refractivity contribution is 9.10. The number of aromatic carboxylic acids is 1. The fourth-order valence-corrected chi connectivity index (χ4v) is 3.78. The number of carboxylic acids is 1. The van der Waals surface area contributed by atoms with Crippen molar-refractivity contribution in [3.63, 3.8) is 0 Å². The molecule has 35 heavy (non-hydrogen) atoms. The number of nitro benzene ring substituents is 1.